The highest BCUT2D eigenvalue weighted by Gasteiger charge is 2.47. The maximum atomic E-state index is 12.9. The number of nitrogens with zero attached hydrogens (tertiary/aromatic N) is 3. The Morgan fingerprint density at radius 3 is 2.63 bits per heavy atom. The summed E-state index contributed by atoms with van der Waals surface area (Å²) >= 11 is 0. The van der Waals surface area contributed by atoms with Gasteiger partial charge in [0.15, 0.2) is 0 Å². The predicted molar refractivity (Wildman–Crippen MR) is 102 cm³/mol. The summed E-state index contributed by atoms with van der Waals surface area (Å²) in [4.78, 5) is 32.1. The molecule has 1 N–H and O–H groups in total. The summed E-state index contributed by atoms with van der Waals surface area (Å²) in [6.45, 7) is 5.07. The van der Waals surface area contributed by atoms with Crippen molar-refractivity contribution in [3.63, 3.8) is 0 Å². The highest BCUT2D eigenvalue weighted by Crippen LogP contribution is 2.31. The molecule has 0 spiro atoms. The van der Waals surface area contributed by atoms with Crippen molar-refractivity contribution in [1.82, 2.24) is 20.0 Å². The Kier molecular flexibility index (Phi) is 5.99. The second kappa shape index (κ2) is 8.45. The first-order chi connectivity index (χ1) is 13.1. The third kappa shape index (κ3) is 4.00. The van der Waals surface area contributed by atoms with E-state index in [1.807, 2.05) is 4.90 Å². The molecule has 27 heavy (non-hydrogen) atoms. The molecule has 0 radical (unpaired) electrons. The molecule has 152 valence electrons. The van der Waals surface area contributed by atoms with Gasteiger partial charge in [0.05, 0.1) is 0 Å². The molecule has 0 saturated carbocycles. The lowest BCUT2D eigenvalue weighted by atomic mass is 10.0. The van der Waals surface area contributed by atoms with E-state index in [1.165, 1.54) is 0 Å². The van der Waals surface area contributed by atoms with Gasteiger partial charge in [-0.2, -0.15) is 0 Å². The number of amides is 2. The molecule has 0 aromatic rings. The van der Waals surface area contributed by atoms with Crippen molar-refractivity contribution in [2.45, 2.75) is 69.1 Å². The quantitative estimate of drug-likeness (QED) is 0.769. The summed E-state index contributed by atoms with van der Waals surface area (Å²) < 4.78 is 5.51. The van der Waals surface area contributed by atoms with Gasteiger partial charge in [-0.1, -0.05) is 0 Å². The van der Waals surface area contributed by atoms with E-state index in [9.17, 15) is 9.59 Å². The Morgan fingerprint density at radius 1 is 1.15 bits per heavy atom. The maximum Gasteiger partial charge on any atom is 0.239 e. The van der Waals surface area contributed by atoms with Crippen molar-refractivity contribution >= 4 is 11.8 Å². The van der Waals surface area contributed by atoms with Gasteiger partial charge in [0.2, 0.25) is 11.8 Å². The van der Waals surface area contributed by atoms with Gasteiger partial charge in [-0.15, -0.1) is 0 Å². The molecule has 7 nitrogen and oxygen atoms in total. The number of hydrogen-bond donors (Lipinski definition) is 1. The largest absolute Gasteiger partial charge is 0.381 e. The molecule has 4 aliphatic rings. The SMILES string of the molecule is CN1[C@@H](CCC(=O)N2CCCC2)CNC(=O)[C@@H]2[C@H]1CCN2C1CCOCC1. The van der Waals surface area contributed by atoms with Gasteiger partial charge in [-0.05, 0) is 45.6 Å². The van der Waals surface area contributed by atoms with E-state index in [1.54, 1.807) is 0 Å². The van der Waals surface area contributed by atoms with Gasteiger partial charge in [-0.3, -0.25) is 19.4 Å². The lowest BCUT2D eigenvalue weighted by Gasteiger charge is -2.37. The minimum absolute atomic E-state index is 0.0580. The van der Waals surface area contributed by atoms with Crippen LogP contribution in [0, 0.1) is 0 Å². The maximum absolute atomic E-state index is 12.9. The number of ether oxygens (including phenoxy) is 1. The first-order valence-electron chi connectivity index (χ1n) is 10.8. The van der Waals surface area contributed by atoms with E-state index in [0.717, 1.165) is 71.4 Å². The zero-order valence-corrected chi connectivity index (χ0v) is 16.6. The molecular formula is C20H34N4O3. The molecular weight excluding hydrogens is 344 g/mol. The Morgan fingerprint density at radius 2 is 1.89 bits per heavy atom. The molecule has 4 heterocycles. The molecule has 4 aliphatic heterocycles. The van der Waals surface area contributed by atoms with E-state index in [-0.39, 0.29) is 29.9 Å². The fraction of sp³-hybridized carbons (Fsp3) is 0.900. The van der Waals surface area contributed by atoms with Crippen molar-refractivity contribution in [3.8, 4) is 0 Å². The zero-order chi connectivity index (χ0) is 18.8. The van der Waals surface area contributed by atoms with E-state index in [0.29, 0.717) is 19.0 Å². The van der Waals surface area contributed by atoms with Crippen molar-refractivity contribution in [2.75, 3.05) is 46.4 Å². The Labute approximate surface area is 162 Å². The monoisotopic (exact) mass is 378 g/mol. The van der Waals surface area contributed by atoms with Crippen LogP contribution in [-0.2, 0) is 14.3 Å². The van der Waals surface area contributed by atoms with E-state index < -0.39 is 0 Å². The summed E-state index contributed by atoms with van der Waals surface area (Å²) in [5, 5.41) is 3.18. The highest BCUT2D eigenvalue weighted by molar-refractivity contribution is 5.83. The Hall–Kier alpha value is -1.18. The number of rotatable bonds is 4. The van der Waals surface area contributed by atoms with Crippen LogP contribution in [0.4, 0.5) is 0 Å². The normalized spacial score (nSPS) is 33.7. The minimum Gasteiger partial charge on any atom is -0.381 e. The number of carbonyl (C=O) groups excluding carboxylic acids is 2. The van der Waals surface area contributed by atoms with Crippen molar-refractivity contribution in [3.05, 3.63) is 0 Å². The van der Waals surface area contributed by atoms with E-state index >= 15 is 0 Å². The summed E-state index contributed by atoms with van der Waals surface area (Å²) in [6.07, 6.45) is 6.76. The molecule has 7 heteroatoms. The number of nitrogens with one attached hydrogen (secondary N) is 1. The van der Waals surface area contributed by atoms with Crippen LogP contribution in [0.25, 0.3) is 0 Å². The van der Waals surface area contributed by atoms with E-state index in [4.69, 9.17) is 4.74 Å². The van der Waals surface area contributed by atoms with Crippen LogP contribution in [0.5, 0.6) is 0 Å². The first kappa shape index (κ1) is 19.2. The van der Waals surface area contributed by atoms with E-state index in [2.05, 4.69) is 22.2 Å². The summed E-state index contributed by atoms with van der Waals surface area (Å²) in [6, 6.07) is 0.894. The molecule has 0 aliphatic carbocycles. The number of fused-ring (bicyclic) bond motifs is 1. The highest BCUT2D eigenvalue weighted by atomic mass is 16.5. The van der Waals surface area contributed by atoms with Crippen LogP contribution < -0.4 is 5.32 Å². The van der Waals surface area contributed by atoms with Crippen LogP contribution in [0.2, 0.25) is 0 Å². The van der Waals surface area contributed by atoms with Crippen molar-refractivity contribution in [2.24, 2.45) is 0 Å². The average molecular weight is 379 g/mol. The van der Waals surface area contributed by atoms with Crippen LogP contribution in [0.15, 0.2) is 0 Å². The molecule has 4 rings (SSSR count). The first-order valence-corrected chi connectivity index (χ1v) is 10.8. The van der Waals surface area contributed by atoms with Crippen LogP contribution >= 0.6 is 0 Å². The molecule has 0 unspecified atom stereocenters. The minimum atomic E-state index is -0.0580. The third-order valence-electron chi connectivity index (χ3n) is 7.09. The Balaban J connectivity index is 1.38. The topological polar surface area (TPSA) is 65.1 Å². The summed E-state index contributed by atoms with van der Waals surface area (Å²) in [5.74, 6) is 0.451. The molecule has 0 aromatic heterocycles. The number of likely N-dealkylation sites (N-methyl/N-ethyl adjacent to an activating group) is 1. The lowest BCUT2D eigenvalue weighted by Crippen LogP contribution is -2.53. The fourth-order valence-electron chi connectivity index (χ4n) is 5.44. The smallest absolute Gasteiger partial charge is 0.239 e. The molecule has 2 amide bonds. The van der Waals surface area contributed by atoms with Crippen molar-refractivity contribution in [1.29, 1.82) is 0 Å². The average Bonchev–Trinajstić information content (AvgIpc) is 3.36. The summed E-state index contributed by atoms with van der Waals surface area (Å²) in [5.41, 5.74) is 0. The van der Waals surface area contributed by atoms with Gasteiger partial charge in [0, 0.05) is 63.9 Å². The van der Waals surface area contributed by atoms with Crippen LogP contribution in [-0.4, -0.2) is 97.1 Å². The second-order valence-electron chi connectivity index (χ2n) is 8.57. The lowest BCUT2D eigenvalue weighted by molar-refractivity contribution is -0.130. The van der Waals surface area contributed by atoms with Crippen molar-refractivity contribution < 1.29 is 14.3 Å². The van der Waals surface area contributed by atoms with Gasteiger partial charge < -0.3 is 15.0 Å². The van der Waals surface area contributed by atoms with Gasteiger partial charge in [-0.25, -0.2) is 0 Å². The predicted octanol–water partition coefficient (Wildman–Crippen LogP) is 0.441. The second-order valence-corrected chi connectivity index (χ2v) is 8.57. The standard InChI is InChI=1S/C20H34N4O3/c1-22-16(4-5-18(25)23-9-2-3-10-23)14-21-20(26)19-17(22)6-11-24(19)15-7-12-27-13-8-15/h15-17,19H,2-14H2,1H3,(H,21,26)/t16-,17+,19-/m0/s1. The van der Waals surface area contributed by atoms with Crippen LogP contribution in [0.1, 0.15) is 44.9 Å². The van der Waals surface area contributed by atoms with Crippen LogP contribution in [0.3, 0.4) is 0 Å². The third-order valence-corrected chi connectivity index (χ3v) is 7.09. The molecule has 4 fully saturated rings. The summed E-state index contributed by atoms with van der Waals surface area (Å²) in [7, 11) is 2.15. The zero-order valence-electron chi connectivity index (χ0n) is 16.6. The number of likely N-dealkylation sites (tertiary alicyclic amines) is 2. The van der Waals surface area contributed by atoms with Gasteiger partial charge in [0.25, 0.3) is 0 Å². The van der Waals surface area contributed by atoms with Gasteiger partial charge in [0.1, 0.15) is 6.04 Å². The molecule has 0 bridgehead atoms. The fourth-order valence-corrected chi connectivity index (χ4v) is 5.44. The molecule has 0 aromatic carbocycles. The number of carbonyl (C=O) groups is 2. The van der Waals surface area contributed by atoms with Gasteiger partial charge >= 0.3 is 0 Å². The molecule has 4 saturated heterocycles. The molecule has 3 atom stereocenters. The Bertz CT molecular complexity index is 545. The number of hydrogen-bond acceptors (Lipinski definition) is 5.